The maximum atomic E-state index is 5.97. The number of benzene rings is 1. The van der Waals surface area contributed by atoms with Crippen molar-refractivity contribution in [3.8, 4) is 5.75 Å². The topological polar surface area (TPSA) is 33.6 Å². The molecule has 0 radical (unpaired) electrons. The van der Waals surface area contributed by atoms with Gasteiger partial charge in [0.2, 0.25) is 0 Å². The lowest BCUT2D eigenvalue weighted by molar-refractivity contribution is 0.415. The Labute approximate surface area is 111 Å². The van der Waals surface area contributed by atoms with Crippen LogP contribution in [0.3, 0.4) is 0 Å². The standard InChI is InChI=1S/C12H15ClN2OS/c1-3-9-7-14-12(17-9)15-8-4-5-10(13)11(6-8)16-2/h4-6,9H,3,7H2,1-2H3,(H,14,15). The van der Waals surface area contributed by atoms with E-state index in [-0.39, 0.29) is 0 Å². The summed E-state index contributed by atoms with van der Waals surface area (Å²) < 4.78 is 5.17. The molecule has 0 fully saturated rings. The van der Waals surface area contributed by atoms with Gasteiger partial charge < -0.3 is 10.1 Å². The van der Waals surface area contributed by atoms with Gasteiger partial charge in [-0.2, -0.15) is 0 Å². The van der Waals surface area contributed by atoms with Gasteiger partial charge >= 0.3 is 0 Å². The zero-order chi connectivity index (χ0) is 12.3. The summed E-state index contributed by atoms with van der Waals surface area (Å²) in [5.41, 5.74) is 0.953. The number of nitrogens with zero attached hydrogens (tertiary/aromatic N) is 1. The number of thioether (sulfide) groups is 1. The largest absolute Gasteiger partial charge is 0.495 e. The van der Waals surface area contributed by atoms with Crippen molar-refractivity contribution in [3.63, 3.8) is 0 Å². The summed E-state index contributed by atoms with van der Waals surface area (Å²) >= 11 is 7.76. The van der Waals surface area contributed by atoms with Crippen LogP contribution in [0, 0.1) is 0 Å². The minimum Gasteiger partial charge on any atom is -0.495 e. The number of anilines is 1. The highest BCUT2D eigenvalue weighted by Crippen LogP contribution is 2.29. The number of halogens is 1. The van der Waals surface area contributed by atoms with Gasteiger partial charge in [-0.25, -0.2) is 0 Å². The van der Waals surface area contributed by atoms with Gasteiger partial charge in [-0.3, -0.25) is 4.99 Å². The predicted octanol–water partition coefficient (Wildman–Crippen LogP) is 3.64. The number of ether oxygens (including phenoxy) is 1. The first-order valence-corrected chi connectivity index (χ1v) is 6.80. The predicted molar refractivity (Wildman–Crippen MR) is 75.6 cm³/mol. The van der Waals surface area contributed by atoms with Crippen molar-refractivity contribution in [2.24, 2.45) is 4.99 Å². The molecule has 0 aromatic heterocycles. The summed E-state index contributed by atoms with van der Waals surface area (Å²) in [7, 11) is 1.61. The average Bonchev–Trinajstić information content (AvgIpc) is 2.79. The van der Waals surface area contributed by atoms with Crippen LogP contribution in [0.5, 0.6) is 5.75 Å². The molecule has 2 rings (SSSR count). The second-order valence-electron chi connectivity index (χ2n) is 3.77. The third kappa shape index (κ3) is 3.07. The number of hydrogen-bond donors (Lipinski definition) is 1. The van der Waals surface area contributed by atoms with E-state index in [2.05, 4.69) is 17.2 Å². The van der Waals surface area contributed by atoms with Crippen LogP contribution < -0.4 is 10.1 Å². The molecule has 0 amide bonds. The fourth-order valence-electron chi connectivity index (χ4n) is 1.56. The molecule has 5 heteroatoms. The molecule has 1 atom stereocenters. The maximum absolute atomic E-state index is 5.97. The molecule has 1 aliphatic heterocycles. The van der Waals surface area contributed by atoms with Crippen LogP contribution >= 0.6 is 23.4 Å². The fraction of sp³-hybridized carbons (Fsp3) is 0.417. The monoisotopic (exact) mass is 270 g/mol. The van der Waals surface area contributed by atoms with Crippen LogP contribution in [-0.2, 0) is 0 Å². The highest BCUT2D eigenvalue weighted by molar-refractivity contribution is 8.15. The lowest BCUT2D eigenvalue weighted by Crippen LogP contribution is -2.07. The van der Waals surface area contributed by atoms with E-state index in [9.17, 15) is 0 Å². The van der Waals surface area contributed by atoms with E-state index in [0.717, 1.165) is 23.8 Å². The summed E-state index contributed by atoms with van der Waals surface area (Å²) in [6, 6.07) is 5.62. The highest BCUT2D eigenvalue weighted by atomic mass is 35.5. The normalized spacial score (nSPS) is 19.0. The van der Waals surface area contributed by atoms with Crippen molar-refractivity contribution in [2.75, 3.05) is 19.0 Å². The van der Waals surface area contributed by atoms with Crippen LogP contribution in [0.15, 0.2) is 23.2 Å². The number of methoxy groups -OCH3 is 1. The van der Waals surface area contributed by atoms with Gasteiger partial charge in [0, 0.05) is 17.0 Å². The Hall–Kier alpha value is -0.870. The van der Waals surface area contributed by atoms with Gasteiger partial charge in [0.15, 0.2) is 5.17 Å². The summed E-state index contributed by atoms with van der Waals surface area (Å²) in [5, 5.41) is 5.47. The molecule has 17 heavy (non-hydrogen) atoms. The second-order valence-corrected chi connectivity index (χ2v) is 5.46. The van der Waals surface area contributed by atoms with Crippen LogP contribution in [0.2, 0.25) is 5.02 Å². The Morgan fingerprint density at radius 2 is 2.41 bits per heavy atom. The molecule has 0 spiro atoms. The van der Waals surface area contributed by atoms with E-state index < -0.39 is 0 Å². The summed E-state index contributed by atoms with van der Waals surface area (Å²) in [4.78, 5) is 4.46. The van der Waals surface area contributed by atoms with E-state index in [1.807, 2.05) is 18.2 Å². The molecular weight excluding hydrogens is 256 g/mol. The Kier molecular flexibility index (Phi) is 4.18. The van der Waals surface area contributed by atoms with Gasteiger partial charge in [-0.1, -0.05) is 30.3 Å². The van der Waals surface area contributed by atoms with Gasteiger partial charge in [-0.05, 0) is 18.6 Å². The van der Waals surface area contributed by atoms with Gasteiger partial charge in [-0.15, -0.1) is 0 Å². The first-order chi connectivity index (χ1) is 8.22. The first-order valence-electron chi connectivity index (χ1n) is 5.54. The van der Waals surface area contributed by atoms with E-state index >= 15 is 0 Å². The molecule has 1 heterocycles. The lowest BCUT2D eigenvalue weighted by Gasteiger charge is -2.09. The molecule has 1 unspecified atom stereocenters. The molecule has 1 aliphatic rings. The van der Waals surface area contributed by atoms with Crippen molar-refractivity contribution in [2.45, 2.75) is 18.6 Å². The zero-order valence-corrected chi connectivity index (χ0v) is 11.4. The van der Waals surface area contributed by atoms with Crippen LogP contribution in [0.25, 0.3) is 0 Å². The van der Waals surface area contributed by atoms with E-state index in [1.165, 1.54) is 0 Å². The third-order valence-corrected chi connectivity index (χ3v) is 4.16. The molecule has 0 aliphatic carbocycles. The molecule has 1 N–H and O–H groups in total. The average molecular weight is 271 g/mol. The van der Waals surface area contributed by atoms with Gasteiger partial charge in [0.1, 0.15) is 5.75 Å². The number of hydrogen-bond acceptors (Lipinski definition) is 4. The molecule has 1 aromatic carbocycles. The SMILES string of the molecule is CCC1CN=C(Nc2ccc(Cl)c(OC)c2)S1. The smallest absolute Gasteiger partial charge is 0.161 e. The molecule has 92 valence electrons. The van der Waals surface area contributed by atoms with Crippen LogP contribution in [0.1, 0.15) is 13.3 Å². The summed E-state index contributed by atoms with van der Waals surface area (Å²) in [6.07, 6.45) is 1.14. The van der Waals surface area contributed by atoms with Crippen molar-refractivity contribution in [1.82, 2.24) is 0 Å². The molecular formula is C12H15ClN2OS. The molecule has 3 nitrogen and oxygen atoms in total. The molecule has 0 bridgehead atoms. The molecule has 1 aromatic rings. The number of nitrogens with one attached hydrogen (secondary N) is 1. The minimum atomic E-state index is 0.603. The van der Waals surface area contributed by atoms with Gasteiger partial charge in [0.25, 0.3) is 0 Å². The Morgan fingerprint density at radius 3 is 3.06 bits per heavy atom. The van der Waals surface area contributed by atoms with Crippen LogP contribution in [0.4, 0.5) is 5.69 Å². The first kappa shape index (κ1) is 12.6. The molecule has 0 saturated heterocycles. The lowest BCUT2D eigenvalue weighted by atomic mass is 10.3. The Balaban J connectivity index is 2.04. The fourth-order valence-corrected chi connectivity index (χ4v) is 2.71. The second kappa shape index (κ2) is 5.65. The maximum Gasteiger partial charge on any atom is 0.161 e. The van der Waals surface area contributed by atoms with Crippen molar-refractivity contribution in [1.29, 1.82) is 0 Å². The third-order valence-electron chi connectivity index (χ3n) is 2.57. The zero-order valence-electron chi connectivity index (χ0n) is 9.87. The number of rotatable bonds is 3. The molecule has 0 saturated carbocycles. The Bertz CT molecular complexity index is 437. The van der Waals surface area contributed by atoms with Crippen molar-refractivity contribution in [3.05, 3.63) is 23.2 Å². The van der Waals surface area contributed by atoms with Crippen LogP contribution in [-0.4, -0.2) is 24.1 Å². The van der Waals surface area contributed by atoms with Crippen molar-refractivity contribution >= 4 is 34.2 Å². The highest BCUT2D eigenvalue weighted by Gasteiger charge is 2.17. The minimum absolute atomic E-state index is 0.603. The van der Waals surface area contributed by atoms with E-state index in [4.69, 9.17) is 16.3 Å². The van der Waals surface area contributed by atoms with E-state index in [1.54, 1.807) is 18.9 Å². The summed E-state index contributed by atoms with van der Waals surface area (Å²) in [6.45, 7) is 3.08. The number of aliphatic imine (C=N–C) groups is 1. The number of amidine groups is 1. The quantitative estimate of drug-likeness (QED) is 0.910. The van der Waals surface area contributed by atoms with Crippen molar-refractivity contribution < 1.29 is 4.74 Å². The van der Waals surface area contributed by atoms with E-state index in [0.29, 0.717) is 16.0 Å². The summed E-state index contributed by atoms with van der Waals surface area (Å²) in [5.74, 6) is 0.673. The van der Waals surface area contributed by atoms with Gasteiger partial charge in [0.05, 0.1) is 18.7 Å². The Morgan fingerprint density at radius 1 is 1.59 bits per heavy atom.